The van der Waals surface area contributed by atoms with Gasteiger partial charge in [-0.1, -0.05) is 47.2 Å². The number of hydrogen-bond donors (Lipinski definition) is 1. The summed E-state index contributed by atoms with van der Waals surface area (Å²) in [6, 6.07) is 16.6. The van der Waals surface area contributed by atoms with Gasteiger partial charge < -0.3 is 10.1 Å². The summed E-state index contributed by atoms with van der Waals surface area (Å²) in [5.41, 5.74) is 1.48. The van der Waals surface area contributed by atoms with Crippen LogP contribution in [-0.4, -0.2) is 27.3 Å². The number of aryl methyl sites for hydroxylation is 1. The first-order valence-electron chi connectivity index (χ1n) is 8.20. The summed E-state index contributed by atoms with van der Waals surface area (Å²) in [5.74, 6) is 0.890. The lowest BCUT2D eigenvalue weighted by molar-refractivity contribution is -0.118. The van der Waals surface area contributed by atoms with E-state index in [0.29, 0.717) is 21.7 Å². The number of ether oxygens (including phenoxy) is 1. The van der Waals surface area contributed by atoms with Crippen LogP contribution in [0.4, 0.5) is 5.82 Å². The van der Waals surface area contributed by atoms with Gasteiger partial charge in [0.05, 0.1) is 15.4 Å². The Labute approximate surface area is 164 Å². The van der Waals surface area contributed by atoms with Crippen molar-refractivity contribution in [1.29, 1.82) is 0 Å². The van der Waals surface area contributed by atoms with Crippen molar-refractivity contribution < 1.29 is 9.53 Å². The second-order valence-corrected chi connectivity index (χ2v) is 7.23. The van der Waals surface area contributed by atoms with Crippen LogP contribution in [0, 0.1) is 6.92 Å². The first kappa shape index (κ1) is 17.5. The van der Waals surface area contributed by atoms with E-state index >= 15 is 0 Å². The molecule has 27 heavy (non-hydrogen) atoms. The molecule has 0 atom stereocenters. The van der Waals surface area contributed by atoms with E-state index in [9.17, 15) is 4.79 Å². The number of aromatic nitrogens is 3. The van der Waals surface area contributed by atoms with E-state index in [1.807, 2.05) is 37.3 Å². The lowest BCUT2D eigenvalue weighted by atomic mass is 10.3. The number of carbonyl (C=O) groups is 1. The molecule has 4 rings (SSSR count). The molecule has 0 spiro atoms. The number of benzene rings is 2. The van der Waals surface area contributed by atoms with Crippen molar-refractivity contribution in [3.05, 3.63) is 65.3 Å². The van der Waals surface area contributed by atoms with Crippen molar-refractivity contribution in [2.75, 3.05) is 11.9 Å². The maximum absolute atomic E-state index is 12.3. The Kier molecular flexibility index (Phi) is 4.79. The summed E-state index contributed by atoms with van der Waals surface area (Å²) < 4.78 is 8.05. The van der Waals surface area contributed by atoms with Crippen LogP contribution >= 0.6 is 22.9 Å². The Morgan fingerprint density at radius 1 is 1.22 bits per heavy atom. The summed E-state index contributed by atoms with van der Waals surface area (Å²) in [4.78, 5) is 16.9. The average Bonchev–Trinajstić information content (AvgIpc) is 3.25. The number of fused-ring (bicyclic) bond motifs is 1. The Hall–Kier alpha value is -2.90. The molecule has 0 bridgehead atoms. The lowest BCUT2D eigenvalue weighted by Crippen LogP contribution is -2.21. The molecule has 0 fully saturated rings. The molecule has 2 aromatic heterocycles. The van der Waals surface area contributed by atoms with Gasteiger partial charge in [-0.25, -0.2) is 4.98 Å². The second-order valence-electron chi connectivity index (χ2n) is 5.82. The summed E-state index contributed by atoms with van der Waals surface area (Å²) >= 11 is 7.67. The number of hydrogen-bond acceptors (Lipinski definition) is 5. The van der Waals surface area contributed by atoms with Crippen LogP contribution in [0.3, 0.4) is 0 Å². The van der Waals surface area contributed by atoms with Crippen molar-refractivity contribution in [1.82, 2.24) is 14.8 Å². The zero-order chi connectivity index (χ0) is 18.8. The molecule has 0 saturated carbocycles. The van der Waals surface area contributed by atoms with Gasteiger partial charge >= 0.3 is 0 Å². The van der Waals surface area contributed by atoms with E-state index in [-0.39, 0.29) is 12.5 Å². The molecule has 1 amide bonds. The standard InChI is InChI=1S/C19H15ClN4O2S/c1-12-10-16(21-17(25)11-26-13-6-3-2-4-7-13)24(23-12)19-22-18-14(20)8-5-9-15(18)27-19/h2-10H,11H2,1H3,(H,21,25). The number of nitrogens with one attached hydrogen (secondary N) is 1. The molecular weight excluding hydrogens is 384 g/mol. The number of carbonyl (C=O) groups excluding carboxylic acids is 1. The fourth-order valence-corrected chi connectivity index (χ4v) is 3.80. The minimum absolute atomic E-state index is 0.0973. The quantitative estimate of drug-likeness (QED) is 0.538. The lowest BCUT2D eigenvalue weighted by Gasteiger charge is -2.08. The minimum Gasteiger partial charge on any atom is -0.484 e. The predicted octanol–water partition coefficient (Wildman–Crippen LogP) is 4.46. The molecule has 1 N–H and O–H groups in total. The molecule has 6 nitrogen and oxygen atoms in total. The van der Waals surface area contributed by atoms with Crippen LogP contribution in [-0.2, 0) is 4.79 Å². The largest absolute Gasteiger partial charge is 0.484 e. The van der Waals surface area contributed by atoms with Crippen LogP contribution in [0.1, 0.15) is 5.69 Å². The van der Waals surface area contributed by atoms with E-state index in [1.165, 1.54) is 11.3 Å². The van der Waals surface area contributed by atoms with Crippen molar-refractivity contribution in [2.24, 2.45) is 0 Å². The van der Waals surface area contributed by atoms with E-state index < -0.39 is 0 Å². The molecule has 8 heteroatoms. The van der Waals surface area contributed by atoms with E-state index in [2.05, 4.69) is 15.4 Å². The molecule has 0 aliphatic heterocycles. The van der Waals surface area contributed by atoms with Gasteiger partial charge in [0.15, 0.2) is 6.61 Å². The molecule has 4 aromatic rings. The number of amides is 1. The Morgan fingerprint density at radius 3 is 2.81 bits per heavy atom. The SMILES string of the molecule is Cc1cc(NC(=O)COc2ccccc2)n(-c2nc3c(Cl)cccc3s2)n1. The first-order chi connectivity index (χ1) is 13.1. The van der Waals surface area contributed by atoms with Gasteiger partial charge in [-0.3, -0.25) is 4.79 Å². The molecule has 0 saturated heterocycles. The topological polar surface area (TPSA) is 69.0 Å². The van der Waals surface area contributed by atoms with Crippen molar-refractivity contribution in [2.45, 2.75) is 6.92 Å². The second kappa shape index (κ2) is 7.38. The smallest absolute Gasteiger partial charge is 0.263 e. The fourth-order valence-electron chi connectivity index (χ4n) is 2.57. The first-order valence-corrected chi connectivity index (χ1v) is 9.39. The number of para-hydroxylation sites is 2. The number of halogens is 1. The molecular formula is C19H15ClN4O2S. The van der Waals surface area contributed by atoms with E-state index in [0.717, 1.165) is 15.9 Å². The molecule has 2 aromatic carbocycles. The Morgan fingerprint density at radius 2 is 2.04 bits per heavy atom. The van der Waals surface area contributed by atoms with Crippen molar-refractivity contribution in [3.63, 3.8) is 0 Å². The summed E-state index contributed by atoms with van der Waals surface area (Å²) in [6.45, 7) is 1.76. The van der Waals surface area contributed by atoms with Gasteiger partial charge in [0.2, 0.25) is 5.13 Å². The van der Waals surface area contributed by atoms with Gasteiger partial charge in [-0.15, -0.1) is 0 Å². The highest BCUT2D eigenvalue weighted by Crippen LogP contribution is 2.31. The third kappa shape index (κ3) is 3.79. The summed E-state index contributed by atoms with van der Waals surface area (Å²) in [6.07, 6.45) is 0. The third-order valence-corrected chi connectivity index (χ3v) is 5.05. The minimum atomic E-state index is -0.279. The number of rotatable bonds is 5. The van der Waals surface area contributed by atoms with Crippen LogP contribution in [0.15, 0.2) is 54.6 Å². The number of anilines is 1. The van der Waals surface area contributed by atoms with Gasteiger partial charge in [-0.05, 0) is 31.2 Å². The highest BCUT2D eigenvalue weighted by Gasteiger charge is 2.15. The molecule has 0 aliphatic rings. The molecule has 2 heterocycles. The van der Waals surface area contributed by atoms with Crippen LogP contribution in [0.5, 0.6) is 5.75 Å². The van der Waals surface area contributed by atoms with E-state index in [1.54, 1.807) is 28.9 Å². The van der Waals surface area contributed by atoms with Gasteiger partial charge in [0.25, 0.3) is 5.91 Å². The fraction of sp³-hybridized carbons (Fsp3) is 0.105. The van der Waals surface area contributed by atoms with Gasteiger partial charge in [0, 0.05) is 6.07 Å². The highest BCUT2D eigenvalue weighted by molar-refractivity contribution is 7.20. The van der Waals surface area contributed by atoms with Crippen LogP contribution < -0.4 is 10.1 Å². The van der Waals surface area contributed by atoms with E-state index in [4.69, 9.17) is 16.3 Å². The predicted molar refractivity (Wildman–Crippen MR) is 107 cm³/mol. The van der Waals surface area contributed by atoms with Crippen LogP contribution in [0.2, 0.25) is 5.02 Å². The summed E-state index contributed by atoms with van der Waals surface area (Å²) in [7, 11) is 0. The average molecular weight is 399 g/mol. The third-order valence-electron chi connectivity index (χ3n) is 3.75. The monoisotopic (exact) mass is 398 g/mol. The zero-order valence-corrected chi connectivity index (χ0v) is 15.9. The highest BCUT2D eigenvalue weighted by atomic mass is 35.5. The molecule has 0 aliphatic carbocycles. The molecule has 0 radical (unpaired) electrons. The zero-order valence-electron chi connectivity index (χ0n) is 14.3. The van der Waals surface area contributed by atoms with Gasteiger partial charge in [0.1, 0.15) is 17.1 Å². The molecule has 0 unspecified atom stereocenters. The number of nitrogens with zero attached hydrogens (tertiary/aromatic N) is 3. The van der Waals surface area contributed by atoms with Crippen molar-refractivity contribution >= 4 is 44.9 Å². The Balaban J connectivity index is 1.55. The normalized spacial score (nSPS) is 10.9. The Bertz CT molecular complexity index is 1110. The van der Waals surface area contributed by atoms with Gasteiger partial charge in [-0.2, -0.15) is 9.78 Å². The number of thiazole rings is 1. The summed E-state index contributed by atoms with van der Waals surface area (Å²) in [5, 5.41) is 8.49. The maximum Gasteiger partial charge on any atom is 0.263 e. The van der Waals surface area contributed by atoms with Crippen molar-refractivity contribution in [3.8, 4) is 10.9 Å². The maximum atomic E-state index is 12.3. The molecule has 136 valence electrons. The van der Waals surface area contributed by atoms with Crippen LogP contribution in [0.25, 0.3) is 15.3 Å².